The smallest absolute Gasteiger partial charge is 0.164 e. The van der Waals surface area contributed by atoms with E-state index in [1.54, 1.807) is 14.2 Å². The lowest BCUT2D eigenvalue weighted by molar-refractivity contribution is 0.346. The van der Waals surface area contributed by atoms with Gasteiger partial charge in [-0.05, 0) is 37.4 Å². The number of rotatable bonds is 2. The summed E-state index contributed by atoms with van der Waals surface area (Å²) in [5.41, 5.74) is 2.82. The van der Waals surface area contributed by atoms with Gasteiger partial charge in [-0.25, -0.2) is 0 Å². The number of ether oxygens (including phenoxy) is 2. The fourth-order valence-electron chi connectivity index (χ4n) is 3.35. The molecular weight excluding hydrogens is 214 g/mol. The van der Waals surface area contributed by atoms with Crippen LogP contribution in [0.15, 0.2) is 12.1 Å². The van der Waals surface area contributed by atoms with Crippen LogP contribution in [-0.4, -0.2) is 26.8 Å². The minimum atomic E-state index is 0.665. The summed E-state index contributed by atoms with van der Waals surface area (Å²) in [4.78, 5) is 0. The molecule has 3 nitrogen and oxygen atoms in total. The summed E-state index contributed by atoms with van der Waals surface area (Å²) in [5.74, 6) is 2.46. The van der Waals surface area contributed by atoms with Crippen LogP contribution >= 0.6 is 0 Å². The van der Waals surface area contributed by atoms with E-state index in [2.05, 4.69) is 11.4 Å². The lowest BCUT2D eigenvalue weighted by Crippen LogP contribution is -2.30. The molecule has 17 heavy (non-hydrogen) atoms. The van der Waals surface area contributed by atoms with Gasteiger partial charge in [0.05, 0.1) is 14.2 Å². The maximum absolute atomic E-state index is 5.54. The first-order chi connectivity index (χ1) is 8.35. The average molecular weight is 233 g/mol. The van der Waals surface area contributed by atoms with Crippen molar-refractivity contribution in [3.63, 3.8) is 0 Å². The molecular formula is C14H19NO2. The standard InChI is InChI=1S/C14H19NO2/c1-16-13-6-4-9-10-7-8-15-12(10)5-3-11(9)14(13)17-2/h4,6,10,12,15H,3,5,7-8H2,1-2H3/t10-,12?/m0/s1. The summed E-state index contributed by atoms with van der Waals surface area (Å²) < 4.78 is 10.9. The van der Waals surface area contributed by atoms with Gasteiger partial charge in [0.1, 0.15) is 0 Å². The molecule has 1 saturated heterocycles. The SMILES string of the molecule is COc1ccc2c(c1OC)CCC1NCC[C@@H]21. The predicted octanol–water partition coefficient (Wildman–Crippen LogP) is 2.10. The van der Waals surface area contributed by atoms with E-state index in [9.17, 15) is 0 Å². The molecule has 1 unspecified atom stereocenters. The zero-order chi connectivity index (χ0) is 11.8. The van der Waals surface area contributed by atoms with Crippen molar-refractivity contribution in [2.24, 2.45) is 0 Å². The molecule has 3 heteroatoms. The Morgan fingerprint density at radius 2 is 2.06 bits per heavy atom. The summed E-state index contributed by atoms with van der Waals surface area (Å²) in [7, 11) is 3.43. The molecule has 1 heterocycles. The van der Waals surface area contributed by atoms with Crippen LogP contribution in [-0.2, 0) is 6.42 Å². The summed E-state index contributed by atoms with van der Waals surface area (Å²) in [6.45, 7) is 1.14. The van der Waals surface area contributed by atoms with Crippen LogP contribution in [0.3, 0.4) is 0 Å². The molecule has 92 valence electrons. The Balaban J connectivity index is 2.09. The Labute approximate surface area is 102 Å². The second-order valence-electron chi connectivity index (χ2n) is 4.86. The number of hydrogen-bond acceptors (Lipinski definition) is 3. The van der Waals surface area contributed by atoms with Gasteiger partial charge in [-0.15, -0.1) is 0 Å². The van der Waals surface area contributed by atoms with Crippen molar-refractivity contribution >= 4 is 0 Å². The maximum atomic E-state index is 5.54. The van der Waals surface area contributed by atoms with Gasteiger partial charge in [0.15, 0.2) is 11.5 Å². The third-order valence-electron chi connectivity index (χ3n) is 4.14. The normalized spacial score (nSPS) is 26.2. The van der Waals surface area contributed by atoms with Gasteiger partial charge >= 0.3 is 0 Å². The molecule has 1 fully saturated rings. The fourth-order valence-corrected chi connectivity index (χ4v) is 3.35. The number of methoxy groups -OCH3 is 2. The molecule has 1 aliphatic carbocycles. The van der Waals surface area contributed by atoms with Gasteiger partial charge in [-0.1, -0.05) is 6.07 Å². The fraction of sp³-hybridized carbons (Fsp3) is 0.571. The molecule has 1 aromatic rings. The molecule has 0 saturated carbocycles. The van der Waals surface area contributed by atoms with E-state index in [4.69, 9.17) is 9.47 Å². The van der Waals surface area contributed by atoms with Gasteiger partial charge < -0.3 is 14.8 Å². The van der Waals surface area contributed by atoms with Gasteiger partial charge in [0.2, 0.25) is 0 Å². The Bertz CT molecular complexity index is 430. The van der Waals surface area contributed by atoms with Crippen LogP contribution in [0.25, 0.3) is 0 Å². The second kappa shape index (κ2) is 4.22. The molecule has 0 radical (unpaired) electrons. The molecule has 2 atom stereocenters. The van der Waals surface area contributed by atoms with Gasteiger partial charge in [-0.2, -0.15) is 0 Å². The summed E-state index contributed by atoms with van der Waals surface area (Å²) >= 11 is 0. The van der Waals surface area contributed by atoms with Gasteiger partial charge in [0.25, 0.3) is 0 Å². The lowest BCUT2D eigenvalue weighted by Gasteiger charge is -2.29. The molecule has 2 aliphatic rings. The molecule has 0 bridgehead atoms. The van der Waals surface area contributed by atoms with E-state index in [0.29, 0.717) is 12.0 Å². The van der Waals surface area contributed by atoms with Crippen LogP contribution in [0.4, 0.5) is 0 Å². The Morgan fingerprint density at radius 3 is 2.82 bits per heavy atom. The largest absolute Gasteiger partial charge is 0.493 e. The summed E-state index contributed by atoms with van der Waals surface area (Å²) in [6, 6.07) is 4.93. The van der Waals surface area contributed by atoms with E-state index in [0.717, 1.165) is 24.5 Å². The highest BCUT2D eigenvalue weighted by Crippen LogP contribution is 2.44. The monoisotopic (exact) mass is 233 g/mol. The summed E-state index contributed by atoms with van der Waals surface area (Å²) in [6.07, 6.45) is 3.54. The van der Waals surface area contributed by atoms with Crippen LogP contribution in [0.1, 0.15) is 29.9 Å². The van der Waals surface area contributed by atoms with E-state index >= 15 is 0 Å². The van der Waals surface area contributed by atoms with E-state index in [1.807, 2.05) is 6.07 Å². The summed E-state index contributed by atoms with van der Waals surface area (Å²) in [5, 5.41) is 3.59. The van der Waals surface area contributed by atoms with Crippen molar-refractivity contribution in [3.05, 3.63) is 23.3 Å². The highest BCUT2D eigenvalue weighted by atomic mass is 16.5. The molecule has 1 N–H and O–H groups in total. The predicted molar refractivity (Wildman–Crippen MR) is 67.0 cm³/mol. The Morgan fingerprint density at radius 1 is 1.18 bits per heavy atom. The van der Waals surface area contributed by atoms with Crippen LogP contribution < -0.4 is 14.8 Å². The number of fused-ring (bicyclic) bond motifs is 3. The third-order valence-corrected chi connectivity index (χ3v) is 4.14. The maximum Gasteiger partial charge on any atom is 0.164 e. The first-order valence-electron chi connectivity index (χ1n) is 6.32. The first kappa shape index (κ1) is 10.9. The van der Waals surface area contributed by atoms with Crippen LogP contribution in [0.5, 0.6) is 11.5 Å². The molecule has 0 spiro atoms. The van der Waals surface area contributed by atoms with Gasteiger partial charge in [0, 0.05) is 17.5 Å². The van der Waals surface area contributed by atoms with E-state index < -0.39 is 0 Å². The zero-order valence-corrected chi connectivity index (χ0v) is 10.5. The van der Waals surface area contributed by atoms with Gasteiger partial charge in [-0.3, -0.25) is 0 Å². The Hall–Kier alpha value is -1.22. The quantitative estimate of drug-likeness (QED) is 0.848. The highest BCUT2D eigenvalue weighted by molar-refractivity contribution is 5.53. The Kier molecular flexibility index (Phi) is 2.71. The van der Waals surface area contributed by atoms with E-state index in [-0.39, 0.29) is 0 Å². The van der Waals surface area contributed by atoms with Crippen molar-refractivity contribution in [3.8, 4) is 11.5 Å². The molecule has 1 aromatic carbocycles. The number of hydrogen-bond donors (Lipinski definition) is 1. The van der Waals surface area contributed by atoms with Crippen LogP contribution in [0, 0.1) is 0 Å². The molecule has 1 aliphatic heterocycles. The molecule has 0 aromatic heterocycles. The topological polar surface area (TPSA) is 30.5 Å². The number of benzene rings is 1. The molecule has 0 amide bonds. The van der Waals surface area contributed by atoms with Crippen molar-refractivity contribution in [1.82, 2.24) is 5.32 Å². The molecule has 3 rings (SSSR count). The number of nitrogens with one attached hydrogen (secondary N) is 1. The second-order valence-corrected chi connectivity index (χ2v) is 4.86. The van der Waals surface area contributed by atoms with Crippen LogP contribution in [0.2, 0.25) is 0 Å². The van der Waals surface area contributed by atoms with Crippen molar-refractivity contribution in [2.45, 2.75) is 31.2 Å². The first-order valence-corrected chi connectivity index (χ1v) is 6.32. The van der Waals surface area contributed by atoms with Crippen molar-refractivity contribution in [1.29, 1.82) is 0 Å². The average Bonchev–Trinajstić information content (AvgIpc) is 2.85. The van der Waals surface area contributed by atoms with E-state index in [1.165, 1.54) is 24.0 Å². The zero-order valence-electron chi connectivity index (χ0n) is 10.5. The van der Waals surface area contributed by atoms with Crippen molar-refractivity contribution in [2.75, 3.05) is 20.8 Å². The van der Waals surface area contributed by atoms with Crippen molar-refractivity contribution < 1.29 is 9.47 Å². The third kappa shape index (κ3) is 1.61. The minimum Gasteiger partial charge on any atom is -0.493 e. The highest BCUT2D eigenvalue weighted by Gasteiger charge is 2.34. The minimum absolute atomic E-state index is 0.665. The lowest BCUT2D eigenvalue weighted by atomic mass is 9.79.